The lowest BCUT2D eigenvalue weighted by Gasteiger charge is -2.43. The van der Waals surface area contributed by atoms with Crippen LogP contribution in [0.25, 0.3) is 0 Å². The van der Waals surface area contributed by atoms with Gasteiger partial charge >= 0.3 is 0 Å². The minimum Gasteiger partial charge on any atom is -0.396 e. The van der Waals surface area contributed by atoms with Crippen molar-refractivity contribution in [3.63, 3.8) is 0 Å². The van der Waals surface area contributed by atoms with Gasteiger partial charge in [-0.2, -0.15) is 0 Å². The second kappa shape index (κ2) is 4.15. The van der Waals surface area contributed by atoms with Gasteiger partial charge in [0.2, 0.25) is 0 Å². The molecule has 2 fully saturated rings. The quantitative estimate of drug-likeness (QED) is 0.756. The Bertz CT molecular complexity index is 182. The number of likely N-dealkylation sites (tertiary alicyclic amines) is 1. The zero-order valence-corrected chi connectivity index (χ0v) is 9.52. The van der Waals surface area contributed by atoms with Crippen molar-refractivity contribution in [2.24, 2.45) is 5.41 Å². The highest BCUT2D eigenvalue weighted by molar-refractivity contribution is 5.00. The molecular formula is C11H22FNO. The van der Waals surface area contributed by atoms with Gasteiger partial charge in [0.25, 0.3) is 0 Å². The Morgan fingerprint density at radius 2 is 1.79 bits per heavy atom. The average Bonchev–Trinajstić information content (AvgIpc) is 2.86. The smallest absolute Gasteiger partial charge is 0.133 e. The van der Waals surface area contributed by atoms with Crippen LogP contribution in [0.1, 0.15) is 33.6 Å². The lowest BCUT2D eigenvalue weighted by Crippen LogP contribution is -2.58. The maximum absolute atomic E-state index is 13.1. The number of alkyl halides is 1. The Balaban J connectivity index is 0.000000461. The zero-order valence-electron chi connectivity index (χ0n) is 9.52. The molecule has 84 valence electrons. The van der Waals surface area contributed by atoms with Crippen LogP contribution < -0.4 is 0 Å². The molecule has 1 aliphatic carbocycles. The Hall–Kier alpha value is -0.150. The third-order valence-electron chi connectivity index (χ3n) is 2.96. The monoisotopic (exact) mass is 203 g/mol. The van der Waals surface area contributed by atoms with E-state index in [0.717, 1.165) is 19.4 Å². The minimum atomic E-state index is -0.967. The highest BCUT2D eigenvalue weighted by atomic mass is 19.1. The summed E-state index contributed by atoms with van der Waals surface area (Å²) in [5.41, 5.74) is -0.817. The Morgan fingerprint density at radius 1 is 1.29 bits per heavy atom. The summed E-state index contributed by atoms with van der Waals surface area (Å²) in [5, 5.41) is 9.03. The molecule has 0 aromatic carbocycles. The summed E-state index contributed by atoms with van der Waals surface area (Å²) in [6.45, 7) is 7.90. The molecule has 3 heteroatoms. The van der Waals surface area contributed by atoms with Gasteiger partial charge in [-0.15, -0.1) is 0 Å². The molecule has 1 saturated carbocycles. The Morgan fingerprint density at radius 3 is 2.07 bits per heavy atom. The first-order valence-corrected chi connectivity index (χ1v) is 5.58. The molecule has 14 heavy (non-hydrogen) atoms. The second-order valence-corrected chi connectivity index (χ2v) is 4.72. The van der Waals surface area contributed by atoms with E-state index >= 15 is 0 Å². The predicted molar refractivity (Wildman–Crippen MR) is 56.1 cm³/mol. The molecular weight excluding hydrogens is 181 g/mol. The van der Waals surface area contributed by atoms with Crippen molar-refractivity contribution in [1.29, 1.82) is 0 Å². The Kier molecular flexibility index (Phi) is 3.53. The van der Waals surface area contributed by atoms with Crippen LogP contribution in [0.2, 0.25) is 0 Å². The van der Waals surface area contributed by atoms with Crippen LogP contribution in [0.15, 0.2) is 0 Å². The first kappa shape index (κ1) is 11.9. The number of nitrogens with zero attached hydrogens (tertiary/aromatic N) is 1. The maximum atomic E-state index is 13.1. The van der Waals surface area contributed by atoms with Crippen LogP contribution in [-0.4, -0.2) is 41.9 Å². The minimum absolute atomic E-state index is 0.149. The van der Waals surface area contributed by atoms with Crippen LogP contribution in [0.4, 0.5) is 4.39 Å². The first-order valence-electron chi connectivity index (χ1n) is 5.58. The molecule has 2 rings (SSSR count). The summed E-state index contributed by atoms with van der Waals surface area (Å²) < 4.78 is 13.1. The third kappa shape index (κ3) is 2.67. The number of rotatable bonds is 3. The summed E-state index contributed by atoms with van der Waals surface area (Å²) in [6, 6.07) is 0. The third-order valence-corrected chi connectivity index (χ3v) is 2.96. The van der Waals surface area contributed by atoms with Crippen LogP contribution in [-0.2, 0) is 0 Å². The molecule has 0 aromatic rings. The van der Waals surface area contributed by atoms with Crippen molar-refractivity contribution < 1.29 is 9.50 Å². The lowest BCUT2D eigenvalue weighted by atomic mass is 9.96. The van der Waals surface area contributed by atoms with E-state index in [1.807, 2.05) is 13.8 Å². The van der Waals surface area contributed by atoms with E-state index in [1.54, 1.807) is 6.92 Å². The number of hydrogen-bond donors (Lipinski definition) is 1. The van der Waals surface area contributed by atoms with Gasteiger partial charge in [0.15, 0.2) is 0 Å². The van der Waals surface area contributed by atoms with Gasteiger partial charge in [-0.25, -0.2) is 4.39 Å². The van der Waals surface area contributed by atoms with E-state index in [1.165, 1.54) is 0 Å². The molecule has 0 unspecified atom stereocenters. The van der Waals surface area contributed by atoms with Gasteiger partial charge in [0.05, 0.1) is 0 Å². The number of hydrogen-bond acceptors (Lipinski definition) is 2. The molecule has 0 radical (unpaired) electrons. The Labute approximate surface area is 86.1 Å². The fourth-order valence-corrected chi connectivity index (χ4v) is 2.02. The molecule has 1 N–H and O–H groups in total. The summed E-state index contributed by atoms with van der Waals surface area (Å²) in [6.07, 6.45) is 2.23. The van der Waals surface area contributed by atoms with Crippen molar-refractivity contribution in [2.45, 2.75) is 39.3 Å². The number of aliphatic hydroxyl groups excluding tert-OH is 1. The molecule has 1 saturated heterocycles. The fourth-order valence-electron chi connectivity index (χ4n) is 2.02. The van der Waals surface area contributed by atoms with Crippen LogP contribution >= 0.6 is 0 Å². The molecule has 1 heterocycles. The van der Waals surface area contributed by atoms with E-state index in [0.29, 0.717) is 13.1 Å². The van der Waals surface area contributed by atoms with Gasteiger partial charge in [-0.3, -0.25) is 4.90 Å². The van der Waals surface area contributed by atoms with Crippen molar-refractivity contribution in [3.05, 3.63) is 0 Å². The SMILES string of the molecule is CC.CC1(F)CN(CC2(CO)CC2)C1. The lowest BCUT2D eigenvalue weighted by molar-refractivity contribution is -0.0337. The van der Waals surface area contributed by atoms with Gasteiger partial charge in [0.1, 0.15) is 5.67 Å². The topological polar surface area (TPSA) is 23.5 Å². The van der Waals surface area contributed by atoms with Crippen molar-refractivity contribution in [3.8, 4) is 0 Å². The van der Waals surface area contributed by atoms with Gasteiger partial charge in [-0.05, 0) is 19.8 Å². The highest BCUT2D eigenvalue weighted by Crippen LogP contribution is 2.46. The number of aliphatic hydroxyl groups is 1. The van der Waals surface area contributed by atoms with E-state index < -0.39 is 5.67 Å². The number of halogens is 1. The zero-order chi connectivity index (χ0) is 10.8. The molecule has 0 amide bonds. The van der Waals surface area contributed by atoms with E-state index in [9.17, 15) is 4.39 Å². The largest absolute Gasteiger partial charge is 0.396 e. The predicted octanol–water partition coefficient (Wildman–Crippen LogP) is 1.83. The van der Waals surface area contributed by atoms with Crippen LogP contribution in [0, 0.1) is 5.41 Å². The fraction of sp³-hybridized carbons (Fsp3) is 1.00. The van der Waals surface area contributed by atoms with Crippen LogP contribution in [0.3, 0.4) is 0 Å². The normalized spacial score (nSPS) is 27.2. The molecule has 2 aliphatic rings. The van der Waals surface area contributed by atoms with Gasteiger partial charge in [-0.1, -0.05) is 13.8 Å². The molecule has 1 aliphatic heterocycles. The molecule has 0 atom stereocenters. The summed E-state index contributed by atoms with van der Waals surface area (Å²) in [5.74, 6) is 0. The van der Waals surface area contributed by atoms with Crippen molar-refractivity contribution >= 4 is 0 Å². The maximum Gasteiger partial charge on any atom is 0.133 e. The molecule has 0 spiro atoms. The standard InChI is InChI=1S/C9H16FNO.C2H6/c1-8(10)4-11(5-8)6-9(7-12)2-3-9;1-2/h12H,2-7H2,1H3;1-2H3. The van der Waals surface area contributed by atoms with Crippen molar-refractivity contribution in [2.75, 3.05) is 26.2 Å². The summed E-state index contributed by atoms with van der Waals surface area (Å²) >= 11 is 0. The van der Waals surface area contributed by atoms with Gasteiger partial charge < -0.3 is 5.11 Å². The van der Waals surface area contributed by atoms with Gasteiger partial charge in [0, 0.05) is 31.7 Å². The molecule has 2 nitrogen and oxygen atoms in total. The van der Waals surface area contributed by atoms with Crippen molar-refractivity contribution in [1.82, 2.24) is 4.90 Å². The molecule has 0 aromatic heterocycles. The van der Waals surface area contributed by atoms with E-state index in [-0.39, 0.29) is 12.0 Å². The van der Waals surface area contributed by atoms with Crippen LogP contribution in [0.5, 0.6) is 0 Å². The highest BCUT2D eigenvalue weighted by Gasteiger charge is 2.48. The second-order valence-electron chi connectivity index (χ2n) is 4.72. The average molecular weight is 203 g/mol. The van der Waals surface area contributed by atoms with E-state index in [4.69, 9.17) is 5.11 Å². The molecule has 0 bridgehead atoms. The summed E-state index contributed by atoms with van der Waals surface area (Å²) in [4.78, 5) is 2.10. The summed E-state index contributed by atoms with van der Waals surface area (Å²) in [7, 11) is 0. The van der Waals surface area contributed by atoms with E-state index in [2.05, 4.69) is 4.90 Å². The first-order chi connectivity index (χ1) is 6.55.